The summed E-state index contributed by atoms with van der Waals surface area (Å²) in [4.78, 5) is 3.98. The largest absolute Gasteiger partial charge is 0.494 e. The van der Waals surface area contributed by atoms with Crippen LogP contribution in [0.4, 0.5) is 10.1 Å². The minimum Gasteiger partial charge on any atom is -0.494 e. The SMILES string of the molecule is COc1cc(F)ccc1NCc1ccc(OCc2ccncc2)cc1. The Hall–Kier alpha value is -3.08. The van der Waals surface area contributed by atoms with Crippen molar-refractivity contribution in [3.63, 3.8) is 0 Å². The van der Waals surface area contributed by atoms with Crippen molar-refractivity contribution in [3.05, 3.63) is 83.9 Å². The molecule has 4 nitrogen and oxygen atoms in total. The van der Waals surface area contributed by atoms with Gasteiger partial charge in [0, 0.05) is 25.0 Å². The van der Waals surface area contributed by atoms with Gasteiger partial charge in [-0.1, -0.05) is 12.1 Å². The highest BCUT2D eigenvalue weighted by Gasteiger charge is 2.04. The lowest BCUT2D eigenvalue weighted by Crippen LogP contribution is -2.02. The number of nitrogens with zero attached hydrogens (tertiary/aromatic N) is 1. The average Bonchev–Trinajstić information content (AvgIpc) is 2.67. The van der Waals surface area contributed by atoms with E-state index in [-0.39, 0.29) is 5.82 Å². The van der Waals surface area contributed by atoms with Crippen LogP contribution in [0.3, 0.4) is 0 Å². The van der Waals surface area contributed by atoms with E-state index in [0.29, 0.717) is 18.9 Å². The predicted molar refractivity (Wildman–Crippen MR) is 95.3 cm³/mol. The fourth-order valence-corrected chi connectivity index (χ4v) is 2.36. The van der Waals surface area contributed by atoms with Crippen LogP contribution in [-0.4, -0.2) is 12.1 Å². The zero-order valence-electron chi connectivity index (χ0n) is 13.9. The van der Waals surface area contributed by atoms with E-state index in [4.69, 9.17) is 9.47 Å². The second-order valence-electron chi connectivity index (χ2n) is 5.49. The summed E-state index contributed by atoms with van der Waals surface area (Å²) in [5.74, 6) is 0.968. The highest BCUT2D eigenvalue weighted by molar-refractivity contribution is 5.56. The molecule has 3 rings (SSSR count). The zero-order chi connectivity index (χ0) is 17.5. The molecule has 0 fully saturated rings. The third kappa shape index (κ3) is 4.70. The van der Waals surface area contributed by atoms with Crippen molar-refractivity contribution in [2.45, 2.75) is 13.2 Å². The number of hydrogen-bond acceptors (Lipinski definition) is 4. The first-order valence-electron chi connectivity index (χ1n) is 7.92. The molecule has 0 aliphatic carbocycles. The van der Waals surface area contributed by atoms with E-state index >= 15 is 0 Å². The topological polar surface area (TPSA) is 43.4 Å². The van der Waals surface area contributed by atoms with Gasteiger partial charge in [-0.3, -0.25) is 4.98 Å². The fraction of sp³-hybridized carbons (Fsp3) is 0.150. The molecule has 25 heavy (non-hydrogen) atoms. The van der Waals surface area contributed by atoms with Crippen molar-refractivity contribution < 1.29 is 13.9 Å². The molecule has 128 valence electrons. The summed E-state index contributed by atoms with van der Waals surface area (Å²) in [6.45, 7) is 1.11. The number of nitrogens with one attached hydrogen (secondary N) is 1. The van der Waals surface area contributed by atoms with E-state index in [1.165, 1.54) is 19.2 Å². The molecule has 0 aliphatic rings. The van der Waals surface area contributed by atoms with Gasteiger partial charge in [0.1, 0.15) is 23.9 Å². The van der Waals surface area contributed by atoms with E-state index in [2.05, 4.69) is 10.3 Å². The molecule has 5 heteroatoms. The molecule has 1 heterocycles. The lowest BCUT2D eigenvalue weighted by atomic mass is 10.2. The number of ether oxygens (including phenoxy) is 2. The fourth-order valence-electron chi connectivity index (χ4n) is 2.36. The Labute approximate surface area is 146 Å². The second kappa shape index (κ2) is 8.15. The monoisotopic (exact) mass is 338 g/mol. The highest BCUT2D eigenvalue weighted by atomic mass is 19.1. The molecule has 0 aliphatic heterocycles. The van der Waals surface area contributed by atoms with Gasteiger partial charge >= 0.3 is 0 Å². The number of anilines is 1. The number of rotatable bonds is 7. The van der Waals surface area contributed by atoms with Gasteiger partial charge in [0.2, 0.25) is 0 Å². The van der Waals surface area contributed by atoms with Gasteiger partial charge in [-0.05, 0) is 47.5 Å². The maximum Gasteiger partial charge on any atom is 0.144 e. The molecule has 2 aromatic carbocycles. The Morgan fingerprint density at radius 2 is 1.72 bits per heavy atom. The van der Waals surface area contributed by atoms with Gasteiger partial charge in [0.25, 0.3) is 0 Å². The van der Waals surface area contributed by atoms with E-state index in [0.717, 1.165) is 22.6 Å². The van der Waals surface area contributed by atoms with Crippen molar-refractivity contribution >= 4 is 5.69 Å². The minimum absolute atomic E-state index is 0.321. The van der Waals surface area contributed by atoms with Gasteiger partial charge in [-0.25, -0.2) is 4.39 Å². The third-order valence-electron chi connectivity index (χ3n) is 3.72. The molecular formula is C20H19FN2O2. The van der Waals surface area contributed by atoms with Gasteiger partial charge in [-0.15, -0.1) is 0 Å². The number of halogens is 1. The lowest BCUT2D eigenvalue weighted by molar-refractivity contribution is 0.306. The van der Waals surface area contributed by atoms with Crippen molar-refractivity contribution in [2.75, 3.05) is 12.4 Å². The maximum absolute atomic E-state index is 13.2. The zero-order valence-corrected chi connectivity index (χ0v) is 13.9. The van der Waals surface area contributed by atoms with Crippen LogP contribution in [0.2, 0.25) is 0 Å². The smallest absolute Gasteiger partial charge is 0.144 e. The summed E-state index contributed by atoms with van der Waals surface area (Å²) in [5, 5.41) is 3.25. The van der Waals surface area contributed by atoms with Gasteiger partial charge in [0.15, 0.2) is 0 Å². The van der Waals surface area contributed by atoms with E-state index in [9.17, 15) is 4.39 Å². The average molecular weight is 338 g/mol. The second-order valence-corrected chi connectivity index (χ2v) is 5.49. The quantitative estimate of drug-likeness (QED) is 0.692. The van der Waals surface area contributed by atoms with Crippen LogP contribution >= 0.6 is 0 Å². The predicted octanol–water partition coefficient (Wildman–Crippen LogP) is 4.42. The Bertz CT molecular complexity index is 808. The van der Waals surface area contributed by atoms with Crippen LogP contribution in [0.25, 0.3) is 0 Å². The van der Waals surface area contributed by atoms with Crippen LogP contribution in [-0.2, 0) is 13.2 Å². The normalized spacial score (nSPS) is 10.3. The standard InChI is InChI=1S/C20H19FN2O2/c1-24-20-12-17(21)4-7-19(20)23-13-15-2-5-18(6-3-15)25-14-16-8-10-22-11-9-16/h2-12,23H,13-14H2,1H3. The Morgan fingerprint density at radius 3 is 2.44 bits per heavy atom. The first-order valence-corrected chi connectivity index (χ1v) is 7.92. The number of aromatic nitrogens is 1. The van der Waals surface area contributed by atoms with E-state index < -0.39 is 0 Å². The van der Waals surface area contributed by atoms with Crippen LogP contribution in [0.5, 0.6) is 11.5 Å². The molecule has 0 radical (unpaired) electrons. The van der Waals surface area contributed by atoms with Crippen LogP contribution in [0.15, 0.2) is 67.0 Å². The lowest BCUT2D eigenvalue weighted by Gasteiger charge is -2.12. The molecule has 0 saturated heterocycles. The minimum atomic E-state index is -0.321. The number of pyridine rings is 1. The summed E-state index contributed by atoms with van der Waals surface area (Å²) < 4.78 is 24.1. The van der Waals surface area contributed by atoms with Gasteiger partial charge < -0.3 is 14.8 Å². The van der Waals surface area contributed by atoms with Crippen LogP contribution in [0, 0.1) is 5.82 Å². The summed E-state index contributed by atoms with van der Waals surface area (Å²) in [5.41, 5.74) is 2.91. The van der Waals surface area contributed by atoms with Crippen molar-refractivity contribution in [1.29, 1.82) is 0 Å². The molecular weight excluding hydrogens is 319 g/mol. The van der Waals surface area contributed by atoms with Gasteiger partial charge in [0.05, 0.1) is 12.8 Å². The highest BCUT2D eigenvalue weighted by Crippen LogP contribution is 2.25. The molecule has 1 aromatic heterocycles. The number of methoxy groups -OCH3 is 1. The molecule has 0 bridgehead atoms. The summed E-state index contributed by atoms with van der Waals surface area (Å²) in [6.07, 6.45) is 3.49. The van der Waals surface area contributed by atoms with Gasteiger partial charge in [-0.2, -0.15) is 0 Å². The molecule has 0 atom stereocenters. The number of hydrogen-bond donors (Lipinski definition) is 1. The van der Waals surface area contributed by atoms with Crippen LogP contribution in [0.1, 0.15) is 11.1 Å². The molecule has 1 N–H and O–H groups in total. The van der Waals surface area contributed by atoms with E-state index in [1.54, 1.807) is 18.5 Å². The Morgan fingerprint density at radius 1 is 0.960 bits per heavy atom. The Balaban J connectivity index is 1.56. The van der Waals surface area contributed by atoms with E-state index in [1.807, 2.05) is 36.4 Å². The molecule has 0 amide bonds. The first kappa shape index (κ1) is 16.8. The first-order chi connectivity index (χ1) is 12.2. The molecule has 0 unspecified atom stereocenters. The summed E-state index contributed by atoms with van der Waals surface area (Å²) in [6, 6.07) is 16.1. The molecule has 3 aromatic rings. The van der Waals surface area contributed by atoms with Crippen molar-refractivity contribution in [3.8, 4) is 11.5 Å². The Kier molecular flexibility index (Phi) is 5.46. The molecule has 0 saturated carbocycles. The molecule has 0 spiro atoms. The maximum atomic E-state index is 13.2. The third-order valence-corrected chi connectivity index (χ3v) is 3.72. The van der Waals surface area contributed by atoms with Crippen molar-refractivity contribution in [2.24, 2.45) is 0 Å². The van der Waals surface area contributed by atoms with Crippen LogP contribution < -0.4 is 14.8 Å². The summed E-state index contributed by atoms with van der Waals surface area (Å²) >= 11 is 0. The van der Waals surface area contributed by atoms with Crippen molar-refractivity contribution in [1.82, 2.24) is 4.98 Å². The number of benzene rings is 2. The summed E-state index contributed by atoms with van der Waals surface area (Å²) in [7, 11) is 1.52.